The number of nitrogens with zero attached hydrogens (tertiary/aromatic N) is 3. The Hall–Kier alpha value is -2.70. The van der Waals surface area contributed by atoms with Crippen LogP contribution in [0.2, 0.25) is 0 Å². The molecule has 0 saturated carbocycles. The van der Waals surface area contributed by atoms with Gasteiger partial charge in [0.25, 0.3) is 0 Å². The number of hydrogen-bond acceptors (Lipinski definition) is 3. The summed E-state index contributed by atoms with van der Waals surface area (Å²) in [7, 11) is 0. The van der Waals surface area contributed by atoms with E-state index in [-0.39, 0.29) is 30.5 Å². The lowest BCUT2D eigenvalue weighted by atomic mass is 10.1. The number of anilines is 1. The lowest BCUT2D eigenvalue weighted by Crippen LogP contribution is -2.34. The molecular weight excluding hydrogens is 311 g/mol. The van der Waals surface area contributed by atoms with E-state index in [4.69, 9.17) is 0 Å². The number of carbonyl (C=O) groups is 2. The number of carbonyl (C=O) groups excluding carboxylic acids is 2. The van der Waals surface area contributed by atoms with Gasteiger partial charge in [-0.2, -0.15) is 5.10 Å². The summed E-state index contributed by atoms with van der Waals surface area (Å²) in [6.07, 6.45) is 4.44. The molecule has 1 aromatic carbocycles. The SMILES string of the molecule is O=C(NCCCn1cccn1)[C@H]1CC(=O)N(c2ccccc2F)C1. The molecule has 1 aromatic heterocycles. The molecule has 24 heavy (non-hydrogen) atoms. The summed E-state index contributed by atoms with van der Waals surface area (Å²) in [4.78, 5) is 25.7. The molecule has 6 nitrogen and oxygen atoms in total. The first-order valence-corrected chi connectivity index (χ1v) is 7.95. The van der Waals surface area contributed by atoms with Crippen LogP contribution >= 0.6 is 0 Å². The largest absolute Gasteiger partial charge is 0.356 e. The molecule has 0 aliphatic carbocycles. The van der Waals surface area contributed by atoms with Crippen LogP contribution < -0.4 is 10.2 Å². The number of benzene rings is 1. The maximum Gasteiger partial charge on any atom is 0.227 e. The summed E-state index contributed by atoms with van der Waals surface area (Å²) in [5.74, 6) is -1.28. The predicted octanol–water partition coefficient (Wildman–Crippen LogP) is 1.58. The van der Waals surface area contributed by atoms with E-state index in [9.17, 15) is 14.0 Å². The molecule has 0 bridgehead atoms. The highest BCUT2D eigenvalue weighted by Crippen LogP contribution is 2.27. The van der Waals surface area contributed by atoms with Gasteiger partial charge in [-0.15, -0.1) is 0 Å². The number of halogens is 1. The molecule has 0 spiro atoms. The van der Waals surface area contributed by atoms with Crippen LogP contribution in [0.15, 0.2) is 42.7 Å². The molecule has 7 heteroatoms. The summed E-state index contributed by atoms with van der Waals surface area (Å²) < 4.78 is 15.6. The maximum atomic E-state index is 13.8. The fourth-order valence-electron chi connectivity index (χ4n) is 2.82. The van der Waals surface area contributed by atoms with E-state index in [0.717, 1.165) is 13.0 Å². The minimum absolute atomic E-state index is 0.110. The third-order valence-electron chi connectivity index (χ3n) is 4.06. The molecular formula is C17H19FN4O2. The van der Waals surface area contributed by atoms with E-state index in [1.165, 1.54) is 11.0 Å². The average molecular weight is 330 g/mol. The molecule has 2 aromatic rings. The van der Waals surface area contributed by atoms with Crippen LogP contribution in [0.3, 0.4) is 0 Å². The van der Waals surface area contributed by atoms with Crippen molar-refractivity contribution in [2.75, 3.05) is 18.0 Å². The molecule has 2 heterocycles. The van der Waals surface area contributed by atoms with Gasteiger partial charge in [-0.05, 0) is 24.6 Å². The van der Waals surface area contributed by atoms with E-state index in [1.807, 2.05) is 12.3 Å². The molecule has 1 N–H and O–H groups in total. The number of aromatic nitrogens is 2. The van der Waals surface area contributed by atoms with Crippen LogP contribution in [0.4, 0.5) is 10.1 Å². The number of para-hydroxylation sites is 1. The third-order valence-corrected chi connectivity index (χ3v) is 4.06. The zero-order valence-corrected chi connectivity index (χ0v) is 13.2. The van der Waals surface area contributed by atoms with Gasteiger partial charge in [-0.1, -0.05) is 12.1 Å². The van der Waals surface area contributed by atoms with E-state index >= 15 is 0 Å². The second kappa shape index (κ2) is 7.25. The molecule has 0 unspecified atom stereocenters. The number of amides is 2. The van der Waals surface area contributed by atoms with Crippen LogP contribution in [0.5, 0.6) is 0 Å². The first kappa shape index (κ1) is 16.2. The summed E-state index contributed by atoms with van der Waals surface area (Å²) in [6.45, 7) is 1.45. The molecule has 1 atom stereocenters. The van der Waals surface area contributed by atoms with Gasteiger partial charge in [0.15, 0.2) is 0 Å². The first-order chi connectivity index (χ1) is 11.6. The van der Waals surface area contributed by atoms with Crippen molar-refractivity contribution in [3.05, 3.63) is 48.5 Å². The summed E-state index contributed by atoms with van der Waals surface area (Å²) in [5, 5.41) is 6.93. The Kier molecular flexibility index (Phi) is 4.88. The Balaban J connectivity index is 1.50. The van der Waals surface area contributed by atoms with E-state index < -0.39 is 11.7 Å². The number of nitrogens with one attached hydrogen (secondary N) is 1. The van der Waals surface area contributed by atoms with Crippen molar-refractivity contribution in [3.63, 3.8) is 0 Å². The minimum Gasteiger partial charge on any atom is -0.356 e. The van der Waals surface area contributed by atoms with Crippen molar-refractivity contribution in [1.29, 1.82) is 0 Å². The van der Waals surface area contributed by atoms with Gasteiger partial charge in [0.2, 0.25) is 11.8 Å². The monoisotopic (exact) mass is 330 g/mol. The summed E-state index contributed by atoms with van der Waals surface area (Å²) >= 11 is 0. The van der Waals surface area contributed by atoms with Crippen LogP contribution in [0.25, 0.3) is 0 Å². The van der Waals surface area contributed by atoms with E-state index in [2.05, 4.69) is 10.4 Å². The van der Waals surface area contributed by atoms with Crippen molar-refractivity contribution in [2.24, 2.45) is 5.92 Å². The lowest BCUT2D eigenvalue weighted by molar-refractivity contribution is -0.126. The number of aryl methyl sites for hydroxylation is 1. The molecule has 1 fully saturated rings. The molecule has 0 radical (unpaired) electrons. The maximum absolute atomic E-state index is 13.8. The van der Waals surface area contributed by atoms with Crippen LogP contribution in [0.1, 0.15) is 12.8 Å². The topological polar surface area (TPSA) is 67.2 Å². The Morgan fingerprint density at radius 1 is 1.33 bits per heavy atom. The van der Waals surface area contributed by atoms with E-state index in [1.54, 1.807) is 29.1 Å². The Labute approximate surface area is 139 Å². The number of rotatable bonds is 6. The Morgan fingerprint density at radius 2 is 2.17 bits per heavy atom. The first-order valence-electron chi connectivity index (χ1n) is 7.95. The smallest absolute Gasteiger partial charge is 0.227 e. The molecule has 1 saturated heterocycles. The molecule has 126 valence electrons. The van der Waals surface area contributed by atoms with Crippen LogP contribution in [0, 0.1) is 11.7 Å². The standard InChI is InChI=1S/C17H19FN4O2/c18-14-5-1-2-6-15(14)22-12-13(11-16(22)23)17(24)19-7-3-9-21-10-4-8-20-21/h1-2,4-6,8,10,13H,3,7,9,11-12H2,(H,19,24)/t13-/m0/s1. The van der Waals surface area contributed by atoms with E-state index in [0.29, 0.717) is 6.54 Å². The van der Waals surface area contributed by atoms with Gasteiger partial charge in [0, 0.05) is 38.4 Å². The summed E-state index contributed by atoms with van der Waals surface area (Å²) in [6, 6.07) is 7.96. The van der Waals surface area contributed by atoms with Crippen molar-refractivity contribution in [2.45, 2.75) is 19.4 Å². The Morgan fingerprint density at radius 3 is 2.92 bits per heavy atom. The molecule has 3 rings (SSSR count). The van der Waals surface area contributed by atoms with Gasteiger partial charge < -0.3 is 10.2 Å². The normalized spacial score (nSPS) is 17.3. The highest BCUT2D eigenvalue weighted by molar-refractivity contribution is 6.00. The van der Waals surface area contributed by atoms with Crippen LogP contribution in [-0.4, -0.2) is 34.7 Å². The second-order valence-corrected chi connectivity index (χ2v) is 5.77. The molecule has 1 aliphatic rings. The zero-order chi connectivity index (χ0) is 16.9. The van der Waals surface area contributed by atoms with Crippen molar-refractivity contribution in [1.82, 2.24) is 15.1 Å². The molecule has 1 aliphatic heterocycles. The van der Waals surface area contributed by atoms with Crippen LogP contribution in [-0.2, 0) is 16.1 Å². The van der Waals surface area contributed by atoms with Gasteiger partial charge in [0.1, 0.15) is 5.82 Å². The quantitative estimate of drug-likeness (QED) is 0.818. The second-order valence-electron chi connectivity index (χ2n) is 5.77. The third kappa shape index (κ3) is 3.61. The lowest BCUT2D eigenvalue weighted by Gasteiger charge is -2.17. The fraction of sp³-hybridized carbons (Fsp3) is 0.353. The van der Waals surface area contributed by atoms with Gasteiger partial charge in [-0.25, -0.2) is 4.39 Å². The zero-order valence-electron chi connectivity index (χ0n) is 13.2. The van der Waals surface area contributed by atoms with Crippen molar-refractivity contribution >= 4 is 17.5 Å². The number of hydrogen-bond donors (Lipinski definition) is 1. The van der Waals surface area contributed by atoms with Crippen molar-refractivity contribution in [3.8, 4) is 0 Å². The average Bonchev–Trinajstić information content (AvgIpc) is 3.22. The highest BCUT2D eigenvalue weighted by atomic mass is 19.1. The van der Waals surface area contributed by atoms with Gasteiger partial charge >= 0.3 is 0 Å². The van der Waals surface area contributed by atoms with Gasteiger partial charge in [0.05, 0.1) is 11.6 Å². The molecule has 2 amide bonds. The predicted molar refractivity (Wildman–Crippen MR) is 86.7 cm³/mol. The summed E-state index contributed by atoms with van der Waals surface area (Å²) in [5.41, 5.74) is 0.233. The Bertz CT molecular complexity index is 717. The van der Waals surface area contributed by atoms with Gasteiger partial charge in [-0.3, -0.25) is 14.3 Å². The minimum atomic E-state index is -0.453. The van der Waals surface area contributed by atoms with Crippen molar-refractivity contribution < 1.29 is 14.0 Å². The highest BCUT2D eigenvalue weighted by Gasteiger charge is 2.35. The fourth-order valence-corrected chi connectivity index (χ4v) is 2.82.